The van der Waals surface area contributed by atoms with E-state index in [0.717, 1.165) is 5.01 Å². The maximum atomic E-state index is 13.1. The van der Waals surface area contributed by atoms with Gasteiger partial charge in [0.05, 0.1) is 6.54 Å². The molecule has 36 heavy (non-hydrogen) atoms. The maximum absolute atomic E-state index is 13.1. The summed E-state index contributed by atoms with van der Waals surface area (Å²) in [6.45, 7) is 4.26. The number of ether oxygens (including phenoxy) is 3. The maximum Gasteiger partial charge on any atom is 0.439 e. The molecule has 10 nitrogen and oxygen atoms in total. The van der Waals surface area contributed by atoms with Crippen LogP contribution in [0.5, 0.6) is 0 Å². The summed E-state index contributed by atoms with van der Waals surface area (Å²) in [6, 6.07) is 17.7. The molecule has 0 aliphatic heterocycles. The fourth-order valence-electron chi connectivity index (χ4n) is 2.85. The third-order valence-corrected chi connectivity index (χ3v) is 4.64. The quantitative estimate of drug-likeness (QED) is 0.405. The zero-order chi connectivity index (χ0) is 26.7. The predicted octanol–water partition coefficient (Wildman–Crippen LogP) is 4.59. The van der Waals surface area contributed by atoms with Gasteiger partial charge in [-0.25, -0.2) is 19.4 Å². The summed E-state index contributed by atoms with van der Waals surface area (Å²) in [7, 11) is 3.11. The largest absolute Gasteiger partial charge is 0.443 e. The summed E-state index contributed by atoms with van der Waals surface area (Å²) in [5.74, 6) is -0.322. The predicted molar refractivity (Wildman–Crippen MR) is 131 cm³/mol. The lowest BCUT2D eigenvalue weighted by atomic mass is 10.2. The van der Waals surface area contributed by atoms with Gasteiger partial charge in [-0.2, -0.15) is 0 Å². The highest BCUT2D eigenvalue weighted by molar-refractivity contribution is 5.90. The van der Waals surface area contributed by atoms with E-state index in [1.54, 1.807) is 83.4 Å². The van der Waals surface area contributed by atoms with Gasteiger partial charge in [0.25, 0.3) is 0 Å². The Morgan fingerprint density at radius 3 is 1.64 bits per heavy atom. The molecule has 0 radical (unpaired) electrons. The van der Waals surface area contributed by atoms with Crippen molar-refractivity contribution in [2.75, 3.05) is 20.6 Å². The summed E-state index contributed by atoms with van der Waals surface area (Å²) in [5, 5.41) is 1.16. The second-order valence-corrected chi connectivity index (χ2v) is 9.03. The van der Waals surface area contributed by atoms with Crippen molar-refractivity contribution >= 4 is 24.2 Å². The lowest BCUT2D eigenvalue weighted by molar-refractivity contribution is -0.129. The van der Waals surface area contributed by atoms with E-state index < -0.39 is 23.9 Å². The van der Waals surface area contributed by atoms with Gasteiger partial charge in [-0.05, 0) is 31.9 Å². The molecule has 0 unspecified atom stereocenters. The number of carbonyl (C=O) groups excluding carboxylic acids is 4. The fourth-order valence-corrected chi connectivity index (χ4v) is 2.85. The molecular weight excluding hydrogens is 466 g/mol. The van der Waals surface area contributed by atoms with Gasteiger partial charge in [-0.15, -0.1) is 5.01 Å². The van der Waals surface area contributed by atoms with Crippen LogP contribution in [0.25, 0.3) is 0 Å². The van der Waals surface area contributed by atoms with E-state index >= 15 is 0 Å². The first kappa shape index (κ1) is 28.2. The minimum absolute atomic E-state index is 0.112. The molecule has 0 N–H and O–H groups in total. The average molecular weight is 500 g/mol. The Bertz CT molecular complexity index is 1020. The number of rotatable bonds is 7. The third-order valence-electron chi connectivity index (χ3n) is 4.64. The standard InChI is InChI=1S/C26H33N3O7/c1-26(2,3)36-25(33)29(24(32)35-19-21-14-10-7-11-15-21)28(17-16-22(30)27(4)5)23(31)34-18-20-12-8-6-9-13-20/h6-15H,16-19H2,1-5H3. The van der Waals surface area contributed by atoms with Gasteiger partial charge in [0.15, 0.2) is 0 Å². The average Bonchev–Trinajstić information content (AvgIpc) is 2.83. The van der Waals surface area contributed by atoms with Gasteiger partial charge < -0.3 is 19.1 Å². The van der Waals surface area contributed by atoms with Crippen LogP contribution in [0.15, 0.2) is 60.7 Å². The molecule has 2 aromatic rings. The van der Waals surface area contributed by atoms with Crippen molar-refractivity contribution in [2.45, 2.75) is 46.0 Å². The summed E-state index contributed by atoms with van der Waals surface area (Å²) >= 11 is 0. The number of amides is 4. The Morgan fingerprint density at radius 2 is 1.19 bits per heavy atom. The van der Waals surface area contributed by atoms with E-state index in [2.05, 4.69) is 0 Å². The Hall–Kier alpha value is -4.08. The summed E-state index contributed by atoms with van der Waals surface area (Å²) < 4.78 is 16.0. The van der Waals surface area contributed by atoms with Crippen molar-refractivity contribution in [1.82, 2.24) is 14.9 Å². The molecule has 0 aliphatic carbocycles. The number of imide groups is 1. The zero-order valence-electron chi connectivity index (χ0n) is 21.3. The zero-order valence-corrected chi connectivity index (χ0v) is 21.3. The van der Waals surface area contributed by atoms with Gasteiger partial charge in [0.1, 0.15) is 18.8 Å². The van der Waals surface area contributed by atoms with Gasteiger partial charge in [0.2, 0.25) is 5.91 Å². The van der Waals surface area contributed by atoms with Crippen LogP contribution in [0.3, 0.4) is 0 Å². The SMILES string of the molecule is CN(C)C(=O)CCN(C(=O)OCc1ccccc1)N(C(=O)OCc1ccccc1)C(=O)OC(C)(C)C. The van der Waals surface area contributed by atoms with Gasteiger partial charge >= 0.3 is 18.3 Å². The summed E-state index contributed by atoms with van der Waals surface area (Å²) in [5.41, 5.74) is 0.398. The van der Waals surface area contributed by atoms with Crippen molar-refractivity contribution in [3.05, 3.63) is 71.8 Å². The van der Waals surface area contributed by atoms with Crippen LogP contribution in [0.1, 0.15) is 38.3 Å². The van der Waals surface area contributed by atoms with Crippen LogP contribution in [0.4, 0.5) is 14.4 Å². The highest BCUT2D eigenvalue weighted by Gasteiger charge is 2.38. The second-order valence-electron chi connectivity index (χ2n) is 9.03. The molecule has 0 saturated carbocycles. The van der Waals surface area contributed by atoms with E-state index in [-0.39, 0.29) is 32.1 Å². The first-order valence-electron chi connectivity index (χ1n) is 11.4. The number of benzene rings is 2. The molecule has 0 heterocycles. The number of hydrogen-bond acceptors (Lipinski definition) is 7. The highest BCUT2D eigenvalue weighted by Crippen LogP contribution is 2.16. The molecule has 2 aromatic carbocycles. The molecular formula is C26H33N3O7. The topological polar surface area (TPSA) is 106 Å². The highest BCUT2D eigenvalue weighted by atomic mass is 16.6. The monoisotopic (exact) mass is 499 g/mol. The molecule has 0 bridgehead atoms. The molecule has 194 valence electrons. The Balaban J connectivity index is 2.31. The normalized spacial score (nSPS) is 10.7. The van der Waals surface area contributed by atoms with Crippen molar-refractivity contribution in [1.29, 1.82) is 0 Å². The van der Waals surface area contributed by atoms with Gasteiger partial charge in [0, 0.05) is 20.5 Å². The van der Waals surface area contributed by atoms with Crippen LogP contribution in [-0.4, -0.2) is 65.3 Å². The molecule has 0 atom stereocenters. The molecule has 0 aliphatic rings. The molecule has 2 rings (SSSR count). The Kier molecular flexibility index (Phi) is 10.3. The number of carbonyl (C=O) groups is 4. The minimum atomic E-state index is -1.15. The fraction of sp³-hybridized carbons (Fsp3) is 0.385. The van der Waals surface area contributed by atoms with Crippen LogP contribution >= 0.6 is 0 Å². The Morgan fingerprint density at radius 1 is 0.722 bits per heavy atom. The van der Waals surface area contributed by atoms with Crippen LogP contribution in [0.2, 0.25) is 0 Å². The van der Waals surface area contributed by atoms with Crippen molar-refractivity contribution in [3.63, 3.8) is 0 Å². The van der Waals surface area contributed by atoms with Crippen molar-refractivity contribution in [3.8, 4) is 0 Å². The smallest absolute Gasteiger partial charge is 0.439 e. The second kappa shape index (κ2) is 13.1. The van der Waals surface area contributed by atoms with E-state index in [9.17, 15) is 19.2 Å². The van der Waals surface area contributed by atoms with Gasteiger partial charge in [-0.3, -0.25) is 4.79 Å². The van der Waals surface area contributed by atoms with Crippen LogP contribution in [-0.2, 0) is 32.2 Å². The number of hydrazine groups is 1. The van der Waals surface area contributed by atoms with E-state index in [1.807, 2.05) is 12.1 Å². The molecule has 4 amide bonds. The van der Waals surface area contributed by atoms with Crippen molar-refractivity contribution in [2.24, 2.45) is 0 Å². The molecule has 10 heteroatoms. The first-order chi connectivity index (χ1) is 17.0. The lowest BCUT2D eigenvalue weighted by Gasteiger charge is -2.33. The lowest BCUT2D eigenvalue weighted by Crippen LogP contribution is -2.55. The summed E-state index contributed by atoms with van der Waals surface area (Å²) in [6.07, 6.45) is -3.50. The Labute approximate surface area is 211 Å². The third kappa shape index (κ3) is 9.28. The van der Waals surface area contributed by atoms with Crippen molar-refractivity contribution < 1.29 is 33.4 Å². The molecule has 0 spiro atoms. The van der Waals surface area contributed by atoms with Crippen LogP contribution < -0.4 is 0 Å². The molecule has 0 aromatic heterocycles. The molecule has 0 saturated heterocycles. The molecule has 0 fully saturated rings. The number of hydrogen-bond donors (Lipinski definition) is 0. The van der Waals surface area contributed by atoms with Gasteiger partial charge in [-0.1, -0.05) is 60.7 Å². The minimum Gasteiger partial charge on any atom is -0.443 e. The summed E-state index contributed by atoms with van der Waals surface area (Å²) in [4.78, 5) is 52.9. The number of nitrogens with zero attached hydrogens (tertiary/aromatic N) is 3. The van der Waals surface area contributed by atoms with E-state index in [0.29, 0.717) is 16.1 Å². The van der Waals surface area contributed by atoms with E-state index in [4.69, 9.17) is 14.2 Å². The van der Waals surface area contributed by atoms with E-state index in [1.165, 1.54) is 4.90 Å². The van der Waals surface area contributed by atoms with Crippen LogP contribution in [0, 0.1) is 0 Å². The first-order valence-corrected chi connectivity index (χ1v) is 11.4.